The highest BCUT2D eigenvalue weighted by Gasteiger charge is 2.16. The number of nitrogens with zero attached hydrogens (tertiary/aromatic N) is 2. The number of halogens is 2. The second-order valence-electron chi connectivity index (χ2n) is 7.33. The molecule has 0 bridgehead atoms. The van der Waals surface area contributed by atoms with E-state index < -0.39 is 5.82 Å². The molecular formula is C22H26ClFN4O. The molecule has 7 heteroatoms. The smallest absolute Gasteiger partial charge is 0.266 e. The number of pyridine rings is 1. The standard InChI is InChI=1S/C22H25FN4O.ClH/c1-2-3-4-19-21(22(28)27-14-16(23)7-10-20(27)26-19)15-5-8-17(9-6-15)25-18-11-12-24-13-18;/h5-10,14,18,24-25H,2-4,11-13H2,1H3;1H. The molecule has 4 rings (SSSR count). The number of benzene rings is 1. The quantitative estimate of drug-likeness (QED) is 0.636. The van der Waals surface area contributed by atoms with Crippen molar-refractivity contribution in [3.63, 3.8) is 0 Å². The number of aromatic nitrogens is 2. The molecule has 0 spiro atoms. The first-order valence-corrected chi connectivity index (χ1v) is 9.94. The topological polar surface area (TPSA) is 58.4 Å². The van der Waals surface area contributed by atoms with Gasteiger partial charge in [0.05, 0.1) is 11.3 Å². The highest BCUT2D eigenvalue weighted by atomic mass is 35.5. The normalized spacial score (nSPS) is 16.0. The lowest BCUT2D eigenvalue weighted by Gasteiger charge is -2.14. The Hall–Kier alpha value is -2.44. The fourth-order valence-corrected chi connectivity index (χ4v) is 3.72. The molecule has 1 aromatic carbocycles. The molecule has 1 saturated heterocycles. The predicted octanol–water partition coefficient (Wildman–Crippen LogP) is 4.04. The van der Waals surface area contributed by atoms with Gasteiger partial charge in [-0.2, -0.15) is 0 Å². The molecule has 1 aliphatic rings. The van der Waals surface area contributed by atoms with Crippen molar-refractivity contribution in [2.24, 2.45) is 0 Å². The van der Waals surface area contributed by atoms with Crippen molar-refractivity contribution in [2.75, 3.05) is 18.4 Å². The number of rotatable bonds is 6. The van der Waals surface area contributed by atoms with Crippen LogP contribution in [0, 0.1) is 5.82 Å². The number of fused-ring (bicyclic) bond motifs is 1. The van der Waals surface area contributed by atoms with Crippen LogP contribution in [0.25, 0.3) is 16.8 Å². The molecule has 1 aliphatic heterocycles. The summed E-state index contributed by atoms with van der Waals surface area (Å²) in [6.45, 7) is 4.11. The number of unbranched alkanes of at least 4 members (excludes halogenated alkanes) is 1. The maximum Gasteiger partial charge on any atom is 0.266 e. The minimum absolute atomic E-state index is 0. The fourth-order valence-electron chi connectivity index (χ4n) is 3.72. The Labute approximate surface area is 175 Å². The van der Waals surface area contributed by atoms with Crippen LogP contribution in [-0.4, -0.2) is 28.5 Å². The van der Waals surface area contributed by atoms with E-state index in [0.29, 0.717) is 17.3 Å². The third-order valence-corrected chi connectivity index (χ3v) is 5.23. The predicted molar refractivity (Wildman–Crippen MR) is 118 cm³/mol. The van der Waals surface area contributed by atoms with E-state index in [1.165, 1.54) is 16.7 Å². The van der Waals surface area contributed by atoms with Crippen molar-refractivity contribution in [1.82, 2.24) is 14.7 Å². The Bertz CT molecular complexity index is 1030. The Kier molecular flexibility index (Phi) is 6.87. The van der Waals surface area contributed by atoms with Crippen molar-refractivity contribution in [3.05, 3.63) is 64.5 Å². The van der Waals surface area contributed by atoms with E-state index in [2.05, 4.69) is 22.5 Å². The summed E-state index contributed by atoms with van der Waals surface area (Å²) in [5, 5.41) is 6.85. The van der Waals surface area contributed by atoms with Gasteiger partial charge >= 0.3 is 0 Å². The lowest BCUT2D eigenvalue weighted by molar-refractivity contribution is 0.617. The second kappa shape index (κ2) is 9.37. The molecular weight excluding hydrogens is 391 g/mol. The molecule has 1 fully saturated rings. The van der Waals surface area contributed by atoms with Crippen LogP contribution in [-0.2, 0) is 6.42 Å². The molecule has 2 N–H and O–H groups in total. The van der Waals surface area contributed by atoms with Crippen molar-refractivity contribution in [2.45, 2.75) is 38.6 Å². The molecule has 29 heavy (non-hydrogen) atoms. The average Bonchev–Trinajstić information content (AvgIpc) is 3.21. The van der Waals surface area contributed by atoms with Crippen LogP contribution in [0.3, 0.4) is 0 Å². The zero-order valence-corrected chi connectivity index (χ0v) is 17.3. The number of aryl methyl sites for hydroxylation is 1. The van der Waals surface area contributed by atoms with E-state index in [4.69, 9.17) is 0 Å². The van der Waals surface area contributed by atoms with E-state index in [1.807, 2.05) is 24.3 Å². The Morgan fingerprint density at radius 1 is 1.24 bits per heavy atom. The monoisotopic (exact) mass is 416 g/mol. The Morgan fingerprint density at radius 3 is 2.72 bits per heavy atom. The molecule has 5 nitrogen and oxygen atoms in total. The van der Waals surface area contributed by atoms with Crippen LogP contribution in [0.1, 0.15) is 31.9 Å². The summed E-state index contributed by atoms with van der Waals surface area (Å²) in [5.41, 5.74) is 3.44. The first-order chi connectivity index (χ1) is 13.7. The van der Waals surface area contributed by atoms with Gasteiger partial charge in [-0.3, -0.25) is 9.20 Å². The minimum atomic E-state index is -0.451. The van der Waals surface area contributed by atoms with Crippen LogP contribution >= 0.6 is 12.4 Å². The summed E-state index contributed by atoms with van der Waals surface area (Å²) in [6.07, 6.45) is 5.00. The fraction of sp³-hybridized carbons (Fsp3) is 0.364. The van der Waals surface area contributed by atoms with Gasteiger partial charge < -0.3 is 10.6 Å². The van der Waals surface area contributed by atoms with Crippen molar-refractivity contribution < 1.29 is 4.39 Å². The number of hydrogen-bond acceptors (Lipinski definition) is 4. The Balaban J connectivity index is 0.00000240. The van der Waals surface area contributed by atoms with Gasteiger partial charge in [0.15, 0.2) is 0 Å². The van der Waals surface area contributed by atoms with Gasteiger partial charge in [-0.15, -0.1) is 12.4 Å². The highest BCUT2D eigenvalue weighted by molar-refractivity contribution is 5.85. The van der Waals surface area contributed by atoms with Gasteiger partial charge in [-0.25, -0.2) is 9.37 Å². The highest BCUT2D eigenvalue weighted by Crippen LogP contribution is 2.24. The molecule has 2 aromatic heterocycles. The van der Waals surface area contributed by atoms with Gasteiger partial charge in [0.2, 0.25) is 0 Å². The number of anilines is 1. The molecule has 3 heterocycles. The first-order valence-electron chi connectivity index (χ1n) is 9.94. The van der Waals surface area contributed by atoms with Gasteiger partial charge in [-0.1, -0.05) is 25.5 Å². The summed E-state index contributed by atoms with van der Waals surface area (Å²) in [6, 6.07) is 11.2. The minimum Gasteiger partial charge on any atom is -0.381 e. The van der Waals surface area contributed by atoms with Gasteiger partial charge in [0.25, 0.3) is 5.56 Å². The summed E-state index contributed by atoms with van der Waals surface area (Å²) in [7, 11) is 0. The maximum atomic E-state index is 13.7. The zero-order valence-electron chi connectivity index (χ0n) is 16.5. The molecule has 1 unspecified atom stereocenters. The van der Waals surface area contributed by atoms with E-state index in [1.54, 1.807) is 6.07 Å². The third-order valence-electron chi connectivity index (χ3n) is 5.23. The van der Waals surface area contributed by atoms with E-state index in [-0.39, 0.29) is 18.0 Å². The zero-order chi connectivity index (χ0) is 19.5. The van der Waals surface area contributed by atoms with Crippen molar-refractivity contribution >= 4 is 23.7 Å². The summed E-state index contributed by atoms with van der Waals surface area (Å²) >= 11 is 0. The van der Waals surface area contributed by atoms with Crippen LogP contribution in [0.4, 0.5) is 10.1 Å². The van der Waals surface area contributed by atoms with E-state index in [0.717, 1.165) is 55.7 Å². The van der Waals surface area contributed by atoms with Crippen LogP contribution in [0.2, 0.25) is 0 Å². The lowest BCUT2D eigenvalue weighted by Crippen LogP contribution is -2.22. The molecule has 0 aliphatic carbocycles. The van der Waals surface area contributed by atoms with E-state index >= 15 is 0 Å². The molecule has 0 amide bonds. The number of nitrogens with one attached hydrogen (secondary N) is 2. The molecule has 0 radical (unpaired) electrons. The van der Waals surface area contributed by atoms with Crippen LogP contribution in [0.5, 0.6) is 0 Å². The number of hydrogen-bond donors (Lipinski definition) is 2. The van der Waals surface area contributed by atoms with Crippen LogP contribution in [0.15, 0.2) is 47.4 Å². The largest absolute Gasteiger partial charge is 0.381 e. The summed E-state index contributed by atoms with van der Waals surface area (Å²) < 4.78 is 15.0. The van der Waals surface area contributed by atoms with Gasteiger partial charge in [0.1, 0.15) is 11.5 Å². The third kappa shape index (κ3) is 4.60. The molecule has 154 valence electrons. The van der Waals surface area contributed by atoms with Gasteiger partial charge in [-0.05, 0) is 55.6 Å². The van der Waals surface area contributed by atoms with Crippen LogP contribution < -0.4 is 16.2 Å². The SMILES string of the molecule is CCCCc1nc2ccc(F)cn2c(=O)c1-c1ccc(NC2CCNC2)cc1.Cl. The lowest BCUT2D eigenvalue weighted by atomic mass is 10.0. The summed E-state index contributed by atoms with van der Waals surface area (Å²) in [4.78, 5) is 17.8. The molecule has 0 saturated carbocycles. The van der Waals surface area contributed by atoms with Gasteiger partial charge in [0, 0.05) is 24.5 Å². The first kappa shape index (κ1) is 21.3. The average molecular weight is 417 g/mol. The van der Waals surface area contributed by atoms with Crippen molar-refractivity contribution in [3.8, 4) is 11.1 Å². The second-order valence-corrected chi connectivity index (χ2v) is 7.33. The van der Waals surface area contributed by atoms with E-state index in [9.17, 15) is 9.18 Å². The maximum absolute atomic E-state index is 13.7. The van der Waals surface area contributed by atoms with Crippen molar-refractivity contribution in [1.29, 1.82) is 0 Å². The molecule has 3 aromatic rings. The Morgan fingerprint density at radius 2 is 2.03 bits per heavy atom. The summed E-state index contributed by atoms with van der Waals surface area (Å²) in [5.74, 6) is -0.451. The molecule has 1 atom stereocenters.